The Hall–Kier alpha value is -3.33. The van der Waals surface area contributed by atoms with Gasteiger partial charge in [0.05, 0.1) is 11.9 Å². The number of hydrogen-bond donors (Lipinski definition) is 1. The third-order valence-electron chi connectivity index (χ3n) is 5.10. The number of nitrogens with one attached hydrogen (secondary N) is 1. The molecule has 0 aliphatic carbocycles. The molecule has 31 heavy (non-hydrogen) atoms. The van der Waals surface area contributed by atoms with E-state index in [0.29, 0.717) is 31.0 Å². The second kappa shape index (κ2) is 8.81. The van der Waals surface area contributed by atoms with Crippen molar-refractivity contribution in [2.75, 3.05) is 13.1 Å². The molecule has 1 saturated heterocycles. The molecule has 10 heteroatoms. The minimum absolute atomic E-state index is 0.0521. The van der Waals surface area contributed by atoms with Gasteiger partial charge in [0.15, 0.2) is 17.3 Å². The van der Waals surface area contributed by atoms with Crippen molar-refractivity contribution in [1.82, 2.24) is 25.2 Å². The van der Waals surface area contributed by atoms with E-state index < -0.39 is 17.5 Å². The highest BCUT2D eigenvalue weighted by atomic mass is 35.5. The van der Waals surface area contributed by atoms with Gasteiger partial charge < -0.3 is 10.2 Å². The maximum Gasteiger partial charge on any atom is 0.276 e. The van der Waals surface area contributed by atoms with Crippen molar-refractivity contribution >= 4 is 23.4 Å². The zero-order valence-corrected chi connectivity index (χ0v) is 17.0. The summed E-state index contributed by atoms with van der Waals surface area (Å²) in [5.41, 5.74) is 1.00. The first-order chi connectivity index (χ1) is 14.9. The summed E-state index contributed by atoms with van der Waals surface area (Å²) in [7, 11) is 0. The van der Waals surface area contributed by atoms with Crippen molar-refractivity contribution in [3.05, 3.63) is 76.6 Å². The lowest BCUT2D eigenvalue weighted by Crippen LogP contribution is -2.46. The van der Waals surface area contributed by atoms with Crippen LogP contribution in [-0.4, -0.2) is 50.8 Å². The zero-order valence-electron chi connectivity index (χ0n) is 16.3. The van der Waals surface area contributed by atoms with E-state index in [1.54, 1.807) is 35.4 Å². The van der Waals surface area contributed by atoms with Crippen LogP contribution in [0.15, 0.2) is 48.7 Å². The number of carbonyl (C=O) groups excluding carboxylic acids is 2. The number of aromatic nitrogens is 3. The predicted molar refractivity (Wildman–Crippen MR) is 109 cm³/mol. The summed E-state index contributed by atoms with van der Waals surface area (Å²) in [6, 6.07) is 9.83. The van der Waals surface area contributed by atoms with E-state index in [4.69, 9.17) is 11.6 Å². The Morgan fingerprint density at radius 1 is 1.03 bits per heavy atom. The Morgan fingerprint density at radius 3 is 2.42 bits per heavy atom. The molecule has 160 valence electrons. The van der Waals surface area contributed by atoms with Crippen molar-refractivity contribution in [3.63, 3.8) is 0 Å². The van der Waals surface area contributed by atoms with Gasteiger partial charge in [0.25, 0.3) is 11.8 Å². The van der Waals surface area contributed by atoms with Crippen molar-refractivity contribution in [1.29, 1.82) is 0 Å². The number of nitrogens with zero attached hydrogens (tertiary/aromatic N) is 4. The number of likely N-dealkylation sites (tertiary alicyclic amines) is 1. The van der Waals surface area contributed by atoms with Gasteiger partial charge in [-0.1, -0.05) is 16.8 Å². The third-order valence-corrected chi connectivity index (χ3v) is 5.35. The van der Waals surface area contributed by atoms with Gasteiger partial charge in [-0.25, -0.2) is 13.5 Å². The van der Waals surface area contributed by atoms with Gasteiger partial charge in [-0.2, -0.15) is 0 Å². The second-order valence-corrected chi connectivity index (χ2v) is 7.63. The monoisotopic (exact) mass is 445 g/mol. The average Bonchev–Trinajstić information content (AvgIpc) is 3.26. The van der Waals surface area contributed by atoms with Gasteiger partial charge in [-0.15, -0.1) is 5.10 Å². The minimum Gasteiger partial charge on any atom is -0.349 e. The summed E-state index contributed by atoms with van der Waals surface area (Å²) in [5, 5.41) is 11.4. The van der Waals surface area contributed by atoms with Gasteiger partial charge in [0.2, 0.25) is 0 Å². The summed E-state index contributed by atoms with van der Waals surface area (Å²) >= 11 is 5.88. The van der Waals surface area contributed by atoms with Crippen LogP contribution in [0.2, 0.25) is 5.02 Å². The fourth-order valence-corrected chi connectivity index (χ4v) is 3.50. The van der Waals surface area contributed by atoms with E-state index in [0.717, 1.165) is 17.8 Å². The predicted octanol–water partition coefficient (Wildman–Crippen LogP) is 3.23. The zero-order chi connectivity index (χ0) is 22.0. The first-order valence-electron chi connectivity index (χ1n) is 9.64. The van der Waals surface area contributed by atoms with E-state index in [9.17, 15) is 18.4 Å². The van der Waals surface area contributed by atoms with Crippen LogP contribution < -0.4 is 5.32 Å². The van der Waals surface area contributed by atoms with E-state index in [1.165, 1.54) is 10.7 Å². The second-order valence-electron chi connectivity index (χ2n) is 7.19. The molecule has 7 nitrogen and oxygen atoms in total. The maximum absolute atomic E-state index is 13.3. The molecule has 0 bridgehead atoms. The molecular weight excluding hydrogens is 428 g/mol. The number of amides is 2. The molecule has 1 N–H and O–H groups in total. The molecule has 2 heterocycles. The summed E-state index contributed by atoms with van der Waals surface area (Å²) in [6.45, 7) is 0.852. The average molecular weight is 446 g/mol. The largest absolute Gasteiger partial charge is 0.349 e. The number of hydrogen-bond acceptors (Lipinski definition) is 4. The first kappa shape index (κ1) is 20.9. The molecule has 4 rings (SSSR count). The molecule has 1 aliphatic rings. The highest BCUT2D eigenvalue weighted by molar-refractivity contribution is 6.30. The standard InChI is InChI=1S/C21H18ClF2N5O2/c22-14-2-4-16(5-3-14)29-12-19(26-27-29)21(31)28-9-7-15(8-10-28)25-20(30)13-1-6-17(23)18(24)11-13/h1-6,11-12,15H,7-10H2,(H,25,30). The summed E-state index contributed by atoms with van der Waals surface area (Å²) in [6.07, 6.45) is 2.63. The van der Waals surface area contributed by atoms with E-state index in [-0.39, 0.29) is 23.2 Å². The highest BCUT2D eigenvalue weighted by Gasteiger charge is 2.26. The summed E-state index contributed by atoms with van der Waals surface area (Å²) in [4.78, 5) is 26.7. The van der Waals surface area contributed by atoms with Crippen LogP contribution >= 0.6 is 11.6 Å². The van der Waals surface area contributed by atoms with Crippen molar-refractivity contribution in [2.24, 2.45) is 0 Å². The van der Waals surface area contributed by atoms with Gasteiger partial charge in [-0.3, -0.25) is 9.59 Å². The number of piperidine rings is 1. The van der Waals surface area contributed by atoms with Crippen molar-refractivity contribution < 1.29 is 18.4 Å². The first-order valence-corrected chi connectivity index (χ1v) is 10.0. The SMILES string of the molecule is O=C(NC1CCN(C(=O)c2cn(-c3ccc(Cl)cc3)nn2)CC1)c1ccc(F)c(F)c1. The molecule has 1 aliphatic heterocycles. The van der Waals surface area contributed by atoms with Crippen LogP contribution in [0.25, 0.3) is 5.69 Å². The molecule has 1 aromatic heterocycles. The van der Waals surface area contributed by atoms with Gasteiger partial charge in [0.1, 0.15) is 0 Å². The maximum atomic E-state index is 13.3. The third kappa shape index (κ3) is 4.72. The fraction of sp³-hybridized carbons (Fsp3) is 0.238. The summed E-state index contributed by atoms with van der Waals surface area (Å²) in [5.74, 6) is -2.80. The molecule has 0 saturated carbocycles. The molecule has 2 amide bonds. The molecular formula is C21H18ClF2N5O2. The Balaban J connectivity index is 1.33. The topological polar surface area (TPSA) is 80.1 Å². The quantitative estimate of drug-likeness (QED) is 0.668. The van der Waals surface area contributed by atoms with Crippen LogP contribution in [0.5, 0.6) is 0 Å². The fourth-order valence-electron chi connectivity index (χ4n) is 3.38. The molecule has 2 aromatic carbocycles. The van der Waals surface area contributed by atoms with Gasteiger partial charge >= 0.3 is 0 Å². The van der Waals surface area contributed by atoms with Gasteiger partial charge in [-0.05, 0) is 55.3 Å². The van der Waals surface area contributed by atoms with Crippen LogP contribution in [0.4, 0.5) is 8.78 Å². The Bertz CT molecular complexity index is 1110. The van der Waals surface area contributed by atoms with Gasteiger partial charge in [0, 0.05) is 29.7 Å². The molecule has 1 fully saturated rings. The van der Waals surface area contributed by atoms with E-state index >= 15 is 0 Å². The van der Waals surface area contributed by atoms with Crippen molar-refractivity contribution in [2.45, 2.75) is 18.9 Å². The number of rotatable bonds is 4. The minimum atomic E-state index is -1.07. The molecule has 0 spiro atoms. The Kier molecular flexibility index (Phi) is 5.94. The van der Waals surface area contributed by atoms with Crippen LogP contribution in [-0.2, 0) is 0 Å². The van der Waals surface area contributed by atoms with Crippen LogP contribution in [0.3, 0.4) is 0 Å². The molecule has 3 aromatic rings. The van der Waals surface area contributed by atoms with Crippen LogP contribution in [0.1, 0.15) is 33.7 Å². The highest BCUT2D eigenvalue weighted by Crippen LogP contribution is 2.16. The van der Waals surface area contributed by atoms with E-state index in [1.807, 2.05) is 0 Å². The number of benzene rings is 2. The Labute approximate surface area is 181 Å². The molecule has 0 atom stereocenters. The molecule has 0 radical (unpaired) electrons. The van der Waals surface area contributed by atoms with Crippen LogP contribution in [0, 0.1) is 11.6 Å². The van der Waals surface area contributed by atoms with E-state index in [2.05, 4.69) is 15.6 Å². The lowest BCUT2D eigenvalue weighted by molar-refractivity contribution is 0.0692. The lowest BCUT2D eigenvalue weighted by Gasteiger charge is -2.31. The Morgan fingerprint density at radius 2 is 1.74 bits per heavy atom. The number of carbonyl (C=O) groups is 2. The normalized spacial score (nSPS) is 14.5. The lowest BCUT2D eigenvalue weighted by atomic mass is 10.0. The smallest absolute Gasteiger partial charge is 0.276 e. The van der Waals surface area contributed by atoms with Crippen molar-refractivity contribution in [3.8, 4) is 5.69 Å². The number of halogens is 3. The molecule has 0 unspecified atom stereocenters. The summed E-state index contributed by atoms with van der Waals surface area (Å²) < 4.78 is 27.9.